The molecule has 3 fully saturated rings. The van der Waals surface area contributed by atoms with E-state index in [9.17, 15) is 4.79 Å². The molecule has 4 aliphatic rings. The Kier molecular flexibility index (Phi) is 2.99. The van der Waals surface area contributed by atoms with E-state index in [0.717, 1.165) is 32.1 Å². The first kappa shape index (κ1) is 13.8. The molecule has 0 aromatic carbocycles. The second-order valence-corrected chi connectivity index (χ2v) is 7.08. The van der Waals surface area contributed by atoms with Crippen molar-refractivity contribution in [3.63, 3.8) is 0 Å². The van der Waals surface area contributed by atoms with Crippen LogP contribution in [0, 0.1) is 11.8 Å². The highest BCUT2D eigenvalue weighted by molar-refractivity contribution is 5.76. The van der Waals surface area contributed by atoms with Crippen LogP contribution in [-0.4, -0.2) is 36.5 Å². The Bertz CT molecular complexity index is 489. The summed E-state index contributed by atoms with van der Waals surface area (Å²) >= 11 is 0. The number of rotatable bonds is 3. The number of ether oxygens (including phenoxy) is 3. The van der Waals surface area contributed by atoms with Gasteiger partial charge in [0.2, 0.25) is 0 Å². The zero-order valence-electron chi connectivity index (χ0n) is 12.9. The van der Waals surface area contributed by atoms with E-state index in [1.54, 1.807) is 0 Å². The maximum absolute atomic E-state index is 12.3. The van der Waals surface area contributed by atoms with Gasteiger partial charge in [-0.25, -0.2) is 0 Å². The van der Waals surface area contributed by atoms with E-state index >= 15 is 0 Å². The molecule has 4 nitrogen and oxygen atoms in total. The third-order valence-corrected chi connectivity index (χ3v) is 5.86. The van der Waals surface area contributed by atoms with Crippen LogP contribution in [0.3, 0.4) is 0 Å². The Morgan fingerprint density at radius 2 is 2.29 bits per heavy atom. The zero-order valence-corrected chi connectivity index (χ0v) is 12.9. The summed E-state index contributed by atoms with van der Waals surface area (Å²) in [6.07, 6.45) is 7.57. The van der Waals surface area contributed by atoms with Gasteiger partial charge in [0, 0.05) is 18.9 Å². The maximum Gasteiger partial charge on any atom is 0.312 e. The lowest BCUT2D eigenvalue weighted by Crippen LogP contribution is -2.31. The average molecular weight is 292 g/mol. The largest absolute Gasteiger partial charge is 0.459 e. The summed E-state index contributed by atoms with van der Waals surface area (Å²) in [6, 6.07) is 0. The van der Waals surface area contributed by atoms with Crippen LogP contribution in [0.5, 0.6) is 0 Å². The molecule has 0 unspecified atom stereocenters. The van der Waals surface area contributed by atoms with E-state index in [2.05, 4.69) is 13.0 Å². The van der Waals surface area contributed by atoms with E-state index in [1.165, 1.54) is 5.57 Å². The third kappa shape index (κ3) is 1.92. The molecule has 0 bridgehead atoms. The average Bonchev–Trinajstić information content (AvgIpc) is 3.21. The van der Waals surface area contributed by atoms with Gasteiger partial charge in [-0.15, -0.1) is 0 Å². The summed E-state index contributed by atoms with van der Waals surface area (Å²) in [5.74, 6) is 0.0546. The van der Waals surface area contributed by atoms with Crippen molar-refractivity contribution >= 4 is 5.97 Å². The van der Waals surface area contributed by atoms with Crippen LogP contribution in [0.25, 0.3) is 0 Å². The van der Waals surface area contributed by atoms with Crippen molar-refractivity contribution in [3.05, 3.63) is 11.6 Å². The highest BCUT2D eigenvalue weighted by Crippen LogP contribution is 2.77. The van der Waals surface area contributed by atoms with Crippen LogP contribution >= 0.6 is 0 Å². The number of allylic oxidation sites excluding steroid dienone is 2. The molecule has 2 aliphatic heterocycles. The van der Waals surface area contributed by atoms with Crippen molar-refractivity contribution in [1.82, 2.24) is 0 Å². The van der Waals surface area contributed by atoms with E-state index in [-0.39, 0.29) is 35.1 Å². The molecule has 4 rings (SSSR count). The monoisotopic (exact) mass is 292 g/mol. The fourth-order valence-electron chi connectivity index (χ4n) is 4.43. The summed E-state index contributed by atoms with van der Waals surface area (Å²) < 4.78 is 17.3. The third-order valence-electron chi connectivity index (χ3n) is 5.86. The molecule has 21 heavy (non-hydrogen) atoms. The molecule has 5 atom stereocenters. The van der Waals surface area contributed by atoms with Gasteiger partial charge in [-0.05, 0) is 39.5 Å². The van der Waals surface area contributed by atoms with Gasteiger partial charge in [-0.3, -0.25) is 4.79 Å². The molecule has 0 spiro atoms. The lowest BCUT2D eigenvalue weighted by Gasteiger charge is -2.22. The zero-order chi connectivity index (χ0) is 14.7. The number of fused-ring (bicyclic) bond motifs is 1. The topological polar surface area (TPSA) is 48.1 Å². The summed E-state index contributed by atoms with van der Waals surface area (Å²) in [6.45, 7) is 5.29. The number of epoxide rings is 1. The molecule has 0 amide bonds. The predicted molar refractivity (Wildman–Crippen MR) is 76.7 cm³/mol. The van der Waals surface area contributed by atoms with Gasteiger partial charge < -0.3 is 14.2 Å². The van der Waals surface area contributed by atoms with E-state index < -0.39 is 0 Å². The summed E-state index contributed by atoms with van der Waals surface area (Å²) in [4.78, 5) is 12.3. The van der Waals surface area contributed by atoms with Gasteiger partial charge >= 0.3 is 5.97 Å². The lowest BCUT2D eigenvalue weighted by atomic mass is 9.82. The van der Waals surface area contributed by atoms with Crippen LogP contribution in [0.4, 0.5) is 0 Å². The van der Waals surface area contributed by atoms with E-state index in [0.29, 0.717) is 13.2 Å². The minimum Gasteiger partial charge on any atom is -0.459 e. The number of hydrogen-bond donors (Lipinski definition) is 0. The number of carbonyl (C=O) groups excluding carboxylic acids is 1. The van der Waals surface area contributed by atoms with Crippen molar-refractivity contribution in [3.8, 4) is 0 Å². The van der Waals surface area contributed by atoms with Crippen molar-refractivity contribution < 1.29 is 19.0 Å². The van der Waals surface area contributed by atoms with Crippen LogP contribution < -0.4 is 0 Å². The molecule has 0 aromatic rings. The van der Waals surface area contributed by atoms with Crippen molar-refractivity contribution in [2.24, 2.45) is 11.8 Å². The van der Waals surface area contributed by atoms with Crippen LogP contribution in [0.2, 0.25) is 0 Å². The Labute approximate surface area is 125 Å². The normalized spacial score (nSPS) is 50.1. The first-order valence-corrected chi connectivity index (χ1v) is 8.26. The van der Waals surface area contributed by atoms with Crippen LogP contribution in [-0.2, 0) is 19.0 Å². The molecular weight excluding hydrogens is 268 g/mol. The molecule has 4 heteroatoms. The Hall–Kier alpha value is -0.870. The smallest absolute Gasteiger partial charge is 0.312 e. The molecular formula is C17H24O4. The fourth-order valence-corrected chi connectivity index (χ4v) is 4.43. The van der Waals surface area contributed by atoms with Gasteiger partial charge in [0.25, 0.3) is 0 Å². The Morgan fingerprint density at radius 3 is 3.05 bits per heavy atom. The van der Waals surface area contributed by atoms with Gasteiger partial charge in [-0.2, -0.15) is 0 Å². The van der Waals surface area contributed by atoms with Crippen LogP contribution in [0.15, 0.2) is 11.6 Å². The first-order chi connectivity index (χ1) is 10.1. The SMILES string of the molecule is CCOC[C@@H]1C(=O)O[C@H]2[C@H]1CC/C(C)=C/CC[C@]13C[C@]21O3. The molecule has 0 radical (unpaired) electrons. The minimum atomic E-state index is -0.132. The molecule has 1 saturated carbocycles. The molecule has 2 aliphatic carbocycles. The highest BCUT2D eigenvalue weighted by atomic mass is 16.7. The van der Waals surface area contributed by atoms with E-state index in [4.69, 9.17) is 14.2 Å². The van der Waals surface area contributed by atoms with Gasteiger partial charge in [0.15, 0.2) is 0 Å². The summed E-state index contributed by atoms with van der Waals surface area (Å²) in [7, 11) is 0. The number of hydrogen-bond acceptors (Lipinski definition) is 4. The number of carbonyl (C=O) groups is 1. The second kappa shape index (κ2) is 4.56. The second-order valence-electron chi connectivity index (χ2n) is 7.08. The maximum atomic E-state index is 12.3. The molecule has 2 heterocycles. The van der Waals surface area contributed by atoms with Gasteiger partial charge in [0.05, 0.1) is 12.5 Å². The summed E-state index contributed by atoms with van der Waals surface area (Å²) in [5.41, 5.74) is 1.33. The number of esters is 1. The van der Waals surface area contributed by atoms with E-state index in [1.807, 2.05) is 6.92 Å². The Balaban J connectivity index is 1.58. The highest BCUT2D eigenvalue weighted by Gasteiger charge is 2.91. The van der Waals surface area contributed by atoms with Crippen molar-refractivity contribution in [1.29, 1.82) is 0 Å². The van der Waals surface area contributed by atoms with Crippen molar-refractivity contribution in [2.45, 2.75) is 63.3 Å². The minimum absolute atomic E-state index is 0.0326. The molecule has 2 saturated heterocycles. The Morgan fingerprint density at radius 1 is 1.48 bits per heavy atom. The standard InChI is InChI=1S/C17H24O4/c1-3-19-9-13-12-7-6-11(2)5-4-8-16-10-17(16,21-16)14(12)20-15(13)18/h5,12-14H,3-4,6-10H2,1-2H3/b11-5+/t12-,13-,14-,16-,17-/m0/s1. The molecule has 0 N–H and O–H groups in total. The molecule has 0 aromatic heterocycles. The van der Waals surface area contributed by atoms with Gasteiger partial charge in [0.1, 0.15) is 17.3 Å². The quantitative estimate of drug-likeness (QED) is 0.456. The van der Waals surface area contributed by atoms with Crippen molar-refractivity contribution in [2.75, 3.05) is 13.2 Å². The molecule has 116 valence electrons. The van der Waals surface area contributed by atoms with Gasteiger partial charge in [-0.1, -0.05) is 11.6 Å². The summed E-state index contributed by atoms with van der Waals surface area (Å²) in [5, 5.41) is 0. The lowest BCUT2D eigenvalue weighted by molar-refractivity contribution is -0.147. The van der Waals surface area contributed by atoms with Crippen LogP contribution in [0.1, 0.15) is 46.0 Å². The predicted octanol–water partition coefficient (Wildman–Crippen LogP) is 2.61. The first-order valence-electron chi connectivity index (χ1n) is 8.26. The fraction of sp³-hybridized carbons (Fsp3) is 0.824.